The topological polar surface area (TPSA) is 23.6 Å². The summed E-state index contributed by atoms with van der Waals surface area (Å²) in [6, 6.07) is 0.0839. The molecule has 0 bridgehead atoms. The van der Waals surface area contributed by atoms with Crippen LogP contribution < -0.4 is 0 Å². The molecule has 0 aromatic rings. The van der Waals surface area contributed by atoms with Crippen LogP contribution in [0, 0.1) is 11.8 Å². The van der Waals surface area contributed by atoms with E-state index in [0.29, 0.717) is 17.7 Å². The molecule has 2 aliphatic rings. The summed E-state index contributed by atoms with van der Waals surface area (Å²) in [5.74, 6) is 1.67. The highest BCUT2D eigenvalue weighted by molar-refractivity contribution is 5.81. The minimum atomic E-state index is 0.0839. The average molecular weight is 252 g/mol. The van der Waals surface area contributed by atoms with Gasteiger partial charge in [0.1, 0.15) is 0 Å². The number of carbonyl (C=O) groups excluding carboxylic acids is 1. The highest BCUT2D eigenvalue weighted by Crippen LogP contribution is 2.24. The molecule has 2 saturated heterocycles. The van der Waals surface area contributed by atoms with Gasteiger partial charge in [-0.25, -0.2) is 0 Å². The predicted molar refractivity (Wildman–Crippen MR) is 74.4 cm³/mol. The van der Waals surface area contributed by atoms with E-state index in [1.54, 1.807) is 0 Å². The van der Waals surface area contributed by atoms with Crippen LogP contribution in [-0.4, -0.2) is 47.9 Å². The van der Waals surface area contributed by atoms with Gasteiger partial charge in [0.05, 0.1) is 6.04 Å². The van der Waals surface area contributed by atoms with E-state index in [1.807, 2.05) is 0 Å². The van der Waals surface area contributed by atoms with Gasteiger partial charge in [-0.1, -0.05) is 26.7 Å². The van der Waals surface area contributed by atoms with E-state index in [2.05, 4.69) is 30.6 Å². The van der Waals surface area contributed by atoms with Gasteiger partial charge < -0.3 is 4.90 Å². The molecule has 0 unspecified atom stereocenters. The van der Waals surface area contributed by atoms with Crippen molar-refractivity contribution in [2.45, 2.75) is 52.5 Å². The third-order valence-corrected chi connectivity index (χ3v) is 4.85. The van der Waals surface area contributed by atoms with Crippen molar-refractivity contribution in [2.24, 2.45) is 11.8 Å². The summed E-state index contributed by atoms with van der Waals surface area (Å²) >= 11 is 0. The van der Waals surface area contributed by atoms with Crippen LogP contribution in [0.25, 0.3) is 0 Å². The molecular formula is C15H28N2O. The lowest BCUT2D eigenvalue weighted by atomic mass is 10.0. The van der Waals surface area contributed by atoms with E-state index in [1.165, 1.54) is 25.7 Å². The fourth-order valence-corrected chi connectivity index (χ4v) is 3.21. The van der Waals surface area contributed by atoms with Crippen LogP contribution in [-0.2, 0) is 4.79 Å². The first-order chi connectivity index (χ1) is 8.59. The summed E-state index contributed by atoms with van der Waals surface area (Å²) in [6.45, 7) is 10.7. The lowest BCUT2D eigenvalue weighted by Crippen LogP contribution is -2.46. The molecule has 3 atom stereocenters. The van der Waals surface area contributed by atoms with Crippen molar-refractivity contribution in [3.05, 3.63) is 0 Å². The zero-order chi connectivity index (χ0) is 13.1. The molecule has 0 aromatic heterocycles. The van der Waals surface area contributed by atoms with Gasteiger partial charge in [-0.3, -0.25) is 9.69 Å². The first-order valence-corrected chi connectivity index (χ1v) is 7.62. The maximum Gasteiger partial charge on any atom is 0.239 e. The summed E-state index contributed by atoms with van der Waals surface area (Å²) in [6.07, 6.45) is 5.17. The third kappa shape index (κ3) is 3.05. The van der Waals surface area contributed by atoms with Crippen LogP contribution in [0.15, 0.2) is 0 Å². The van der Waals surface area contributed by atoms with E-state index in [4.69, 9.17) is 0 Å². The van der Waals surface area contributed by atoms with Crippen molar-refractivity contribution in [3.8, 4) is 0 Å². The van der Waals surface area contributed by atoms with Gasteiger partial charge in [0.15, 0.2) is 0 Å². The van der Waals surface area contributed by atoms with Gasteiger partial charge in [0, 0.05) is 13.1 Å². The third-order valence-electron chi connectivity index (χ3n) is 4.85. The van der Waals surface area contributed by atoms with Crippen molar-refractivity contribution < 1.29 is 4.79 Å². The number of nitrogens with zero attached hydrogens (tertiary/aromatic N) is 2. The Morgan fingerprint density at radius 1 is 1.00 bits per heavy atom. The van der Waals surface area contributed by atoms with E-state index >= 15 is 0 Å². The molecule has 3 heteroatoms. The molecule has 0 aromatic carbocycles. The summed E-state index contributed by atoms with van der Waals surface area (Å²) < 4.78 is 0. The number of hydrogen-bond acceptors (Lipinski definition) is 2. The smallest absolute Gasteiger partial charge is 0.239 e. The van der Waals surface area contributed by atoms with Gasteiger partial charge >= 0.3 is 0 Å². The summed E-state index contributed by atoms with van der Waals surface area (Å²) in [5.41, 5.74) is 0. The molecular weight excluding hydrogens is 224 g/mol. The first-order valence-electron chi connectivity index (χ1n) is 7.62. The summed E-state index contributed by atoms with van der Waals surface area (Å²) in [7, 11) is 0. The van der Waals surface area contributed by atoms with Crippen LogP contribution >= 0.6 is 0 Å². The predicted octanol–water partition coefficient (Wildman–Crippen LogP) is 2.37. The highest BCUT2D eigenvalue weighted by Gasteiger charge is 2.33. The first kappa shape index (κ1) is 13.9. The van der Waals surface area contributed by atoms with Gasteiger partial charge in [-0.15, -0.1) is 0 Å². The van der Waals surface area contributed by atoms with Gasteiger partial charge in [-0.05, 0) is 44.7 Å². The minimum Gasteiger partial charge on any atom is -0.341 e. The molecule has 1 amide bonds. The second-order valence-corrected chi connectivity index (χ2v) is 6.32. The fraction of sp³-hybridized carbons (Fsp3) is 0.933. The Bertz CT molecular complexity index is 274. The van der Waals surface area contributed by atoms with Crippen molar-refractivity contribution in [1.82, 2.24) is 9.80 Å². The lowest BCUT2D eigenvalue weighted by molar-refractivity contribution is -0.135. The Morgan fingerprint density at radius 3 is 2.00 bits per heavy atom. The quantitative estimate of drug-likeness (QED) is 0.753. The molecule has 0 spiro atoms. The Hall–Kier alpha value is -0.570. The molecule has 2 heterocycles. The van der Waals surface area contributed by atoms with Gasteiger partial charge in [0.2, 0.25) is 5.91 Å². The average Bonchev–Trinajstić information content (AvgIpc) is 2.61. The van der Waals surface area contributed by atoms with Crippen LogP contribution in [0.3, 0.4) is 0 Å². The molecule has 0 N–H and O–H groups in total. The second kappa shape index (κ2) is 6.05. The zero-order valence-corrected chi connectivity index (χ0v) is 12.2. The molecule has 0 aliphatic carbocycles. The largest absolute Gasteiger partial charge is 0.341 e. The Balaban J connectivity index is 1.91. The zero-order valence-electron chi connectivity index (χ0n) is 12.2. The number of likely N-dealkylation sites (tertiary alicyclic amines) is 2. The molecule has 3 nitrogen and oxygen atoms in total. The standard InChI is InChI=1S/C15H28N2O/c1-12-10-17(11-13(12)2)15(18)14(3)16-8-6-4-5-7-9-16/h12-14H,4-11H2,1-3H3/t12-,13-,14+/m1/s1. The fourth-order valence-electron chi connectivity index (χ4n) is 3.21. The van der Waals surface area contributed by atoms with Crippen molar-refractivity contribution in [3.63, 3.8) is 0 Å². The minimum absolute atomic E-state index is 0.0839. The molecule has 2 fully saturated rings. The number of hydrogen-bond donors (Lipinski definition) is 0. The van der Waals surface area contributed by atoms with Gasteiger partial charge in [-0.2, -0.15) is 0 Å². The van der Waals surface area contributed by atoms with Gasteiger partial charge in [0.25, 0.3) is 0 Å². The number of amides is 1. The maximum atomic E-state index is 12.5. The molecule has 2 rings (SSSR count). The normalized spacial score (nSPS) is 32.3. The maximum absolute atomic E-state index is 12.5. The van der Waals surface area contributed by atoms with Crippen molar-refractivity contribution in [1.29, 1.82) is 0 Å². The molecule has 2 aliphatic heterocycles. The number of carbonyl (C=O) groups is 1. The lowest BCUT2D eigenvalue weighted by Gasteiger charge is -2.30. The Labute approximate surface area is 112 Å². The molecule has 18 heavy (non-hydrogen) atoms. The number of rotatable bonds is 2. The highest BCUT2D eigenvalue weighted by atomic mass is 16.2. The monoisotopic (exact) mass is 252 g/mol. The van der Waals surface area contributed by atoms with Crippen LogP contribution in [0.5, 0.6) is 0 Å². The van der Waals surface area contributed by atoms with Crippen LogP contribution in [0.2, 0.25) is 0 Å². The Morgan fingerprint density at radius 2 is 1.50 bits per heavy atom. The van der Waals surface area contributed by atoms with E-state index < -0.39 is 0 Å². The molecule has 104 valence electrons. The van der Waals surface area contributed by atoms with Crippen LogP contribution in [0.4, 0.5) is 0 Å². The molecule has 0 saturated carbocycles. The Kier molecular flexibility index (Phi) is 4.66. The summed E-state index contributed by atoms with van der Waals surface area (Å²) in [5, 5.41) is 0. The summed E-state index contributed by atoms with van der Waals surface area (Å²) in [4.78, 5) is 17.0. The van der Waals surface area contributed by atoms with Crippen molar-refractivity contribution in [2.75, 3.05) is 26.2 Å². The van der Waals surface area contributed by atoms with E-state index in [0.717, 1.165) is 26.2 Å². The molecule has 0 radical (unpaired) electrons. The van der Waals surface area contributed by atoms with E-state index in [-0.39, 0.29) is 6.04 Å². The van der Waals surface area contributed by atoms with E-state index in [9.17, 15) is 4.79 Å². The second-order valence-electron chi connectivity index (χ2n) is 6.32. The SMILES string of the molecule is C[C@@H]1CN(C(=O)[C@H](C)N2CCCCCC2)C[C@H]1C. The van der Waals surface area contributed by atoms with Crippen molar-refractivity contribution >= 4 is 5.91 Å². The van der Waals surface area contributed by atoms with Crippen LogP contribution in [0.1, 0.15) is 46.5 Å².